The first kappa shape index (κ1) is 20.7. The Morgan fingerprint density at radius 2 is 1.81 bits per heavy atom. The van der Waals surface area contributed by atoms with E-state index in [1.807, 2.05) is 0 Å². The number of rotatable bonds is 7. The van der Waals surface area contributed by atoms with Crippen molar-refractivity contribution in [3.63, 3.8) is 0 Å². The summed E-state index contributed by atoms with van der Waals surface area (Å²) in [6.07, 6.45) is 0. The number of carbonyl (C=O) groups is 2. The van der Waals surface area contributed by atoms with Gasteiger partial charge in [0, 0.05) is 13.5 Å². The number of carbonyl (C=O) groups excluding carboxylic acids is 2. The number of halogens is 1. The third-order valence-corrected chi connectivity index (χ3v) is 5.77. The van der Waals surface area contributed by atoms with Crippen molar-refractivity contribution in [1.82, 2.24) is 0 Å². The smallest absolute Gasteiger partial charge is 0.303 e. The minimum Gasteiger partial charge on any atom is -0.456 e. The fourth-order valence-electron chi connectivity index (χ4n) is 2.33. The molecule has 0 spiro atoms. The van der Waals surface area contributed by atoms with Gasteiger partial charge in [-0.2, -0.15) is 0 Å². The van der Waals surface area contributed by atoms with Crippen LogP contribution in [0.3, 0.4) is 0 Å². The average molecular weight is 411 g/mol. The number of esters is 1. The van der Waals surface area contributed by atoms with Crippen LogP contribution in [0.5, 0.6) is 0 Å². The number of nitrogens with zero attached hydrogens (tertiary/aromatic N) is 1. The number of hydrogen-bond donors (Lipinski definition) is 1. The fraction of sp³-hybridized carbons (Fsp3) is 0.222. The van der Waals surface area contributed by atoms with Gasteiger partial charge in [-0.05, 0) is 37.3 Å². The lowest BCUT2D eigenvalue weighted by Crippen LogP contribution is -2.30. The molecule has 0 radical (unpaired) electrons. The van der Waals surface area contributed by atoms with Crippen molar-refractivity contribution in [2.75, 3.05) is 22.8 Å². The maximum Gasteiger partial charge on any atom is 0.303 e. The number of hydrogen-bond acceptors (Lipinski definition) is 5. The molecule has 0 aromatic heterocycles. The Kier molecular flexibility index (Phi) is 6.81. The first-order valence-electron chi connectivity index (χ1n) is 8.06. The van der Waals surface area contributed by atoms with E-state index in [-0.39, 0.29) is 22.2 Å². The van der Waals surface area contributed by atoms with Crippen molar-refractivity contribution in [3.05, 3.63) is 53.6 Å². The van der Waals surface area contributed by atoms with Gasteiger partial charge in [-0.1, -0.05) is 29.8 Å². The number of anilines is 2. The Balaban J connectivity index is 2.32. The van der Waals surface area contributed by atoms with Crippen LogP contribution in [0, 0.1) is 0 Å². The zero-order valence-corrected chi connectivity index (χ0v) is 16.4. The fourth-order valence-corrected chi connectivity index (χ4v) is 3.99. The summed E-state index contributed by atoms with van der Waals surface area (Å²) in [7, 11) is -3.87. The number of benzene rings is 2. The summed E-state index contributed by atoms with van der Waals surface area (Å²) in [5, 5.41) is 2.60. The summed E-state index contributed by atoms with van der Waals surface area (Å²) in [6.45, 7) is 2.63. The van der Waals surface area contributed by atoms with E-state index in [9.17, 15) is 18.0 Å². The monoisotopic (exact) mass is 410 g/mol. The summed E-state index contributed by atoms with van der Waals surface area (Å²) in [6, 6.07) is 12.7. The van der Waals surface area contributed by atoms with Crippen LogP contribution in [-0.2, 0) is 24.3 Å². The summed E-state index contributed by atoms with van der Waals surface area (Å²) in [5.74, 6) is -1.23. The van der Waals surface area contributed by atoms with E-state index in [0.29, 0.717) is 5.69 Å². The van der Waals surface area contributed by atoms with Crippen LogP contribution in [-0.4, -0.2) is 33.4 Å². The average Bonchev–Trinajstić information content (AvgIpc) is 2.63. The number of sulfonamides is 1. The summed E-state index contributed by atoms with van der Waals surface area (Å²) < 4.78 is 31.9. The molecule has 0 bridgehead atoms. The highest BCUT2D eigenvalue weighted by Gasteiger charge is 2.24. The predicted octanol–water partition coefficient (Wildman–Crippen LogP) is 3.06. The van der Waals surface area contributed by atoms with Gasteiger partial charge in [-0.3, -0.25) is 13.9 Å². The molecule has 0 heterocycles. The molecular formula is C18H19ClN2O5S. The van der Waals surface area contributed by atoms with E-state index in [1.165, 1.54) is 29.4 Å². The molecule has 0 aliphatic heterocycles. The highest BCUT2D eigenvalue weighted by Crippen LogP contribution is 2.29. The SMILES string of the molecule is CCN(c1ccccc1)S(=O)(=O)c1ccc(Cl)c(NC(=O)COC(C)=O)c1. The summed E-state index contributed by atoms with van der Waals surface area (Å²) >= 11 is 6.05. The third-order valence-electron chi connectivity index (χ3n) is 3.54. The quantitative estimate of drug-likeness (QED) is 0.708. The Morgan fingerprint density at radius 1 is 1.15 bits per heavy atom. The number of nitrogens with one attached hydrogen (secondary N) is 1. The van der Waals surface area contributed by atoms with Crippen LogP contribution in [0.1, 0.15) is 13.8 Å². The van der Waals surface area contributed by atoms with Crippen LogP contribution >= 0.6 is 11.6 Å². The Labute approximate surface area is 162 Å². The lowest BCUT2D eigenvalue weighted by molar-refractivity contribution is -0.144. The Hall–Kier alpha value is -2.58. The van der Waals surface area contributed by atoms with Gasteiger partial charge in [0.05, 0.1) is 21.3 Å². The summed E-state index contributed by atoms with van der Waals surface area (Å²) in [5.41, 5.74) is 0.634. The lowest BCUT2D eigenvalue weighted by Gasteiger charge is -2.23. The van der Waals surface area contributed by atoms with E-state index >= 15 is 0 Å². The maximum absolute atomic E-state index is 13.0. The molecule has 0 fully saturated rings. The van der Waals surface area contributed by atoms with Crippen LogP contribution in [0.4, 0.5) is 11.4 Å². The zero-order valence-electron chi connectivity index (χ0n) is 14.8. The third kappa shape index (κ3) is 5.21. The van der Waals surface area contributed by atoms with Gasteiger partial charge < -0.3 is 10.1 Å². The van der Waals surface area contributed by atoms with Gasteiger partial charge in [0.25, 0.3) is 15.9 Å². The Morgan fingerprint density at radius 3 is 2.41 bits per heavy atom. The van der Waals surface area contributed by atoms with E-state index in [1.54, 1.807) is 37.3 Å². The van der Waals surface area contributed by atoms with Gasteiger partial charge in [0.1, 0.15) is 0 Å². The molecule has 144 valence electrons. The van der Waals surface area contributed by atoms with Crippen molar-refractivity contribution in [2.24, 2.45) is 0 Å². The standard InChI is InChI=1S/C18H19ClN2O5S/c1-3-21(14-7-5-4-6-8-14)27(24,25)15-9-10-16(19)17(11-15)20-18(23)12-26-13(2)22/h4-11H,3,12H2,1-2H3,(H,20,23). The molecule has 0 aliphatic carbocycles. The van der Waals surface area contributed by atoms with Gasteiger partial charge >= 0.3 is 5.97 Å². The molecule has 2 rings (SSSR count). The van der Waals surface area contributed by atoms with Crippen molar-refractivity contribution in [3.8, 4) is 0 Å². The molecule has 0 saturated carbocycles. The normalized spacial score (nSPS) is 10.9. The van der Waals surface area contributed by atoms with E-state index in [4.69, 9.17) is 11.6 Å². The molecule has 2 aromatic rings. The Bertz CT molecular complexity index is 932. The van der Waals surface area contributed by atoms with Crippen molar-refractivity contribution in [2.45, 2.75) is 18.7 Å². The zero-order chi connectivity index (χ0) is 20.0. The first-order chi connectivity index (χ1) is 12.8. The van der Waals surface area contributed by atoms with Crippen LogP contribution in [0.25, 0.3) is 0 Å². The van der Waals surface area contributed by atoms with Crippen LogP contribution < -0.4 is 9.62 Å². The number of amides is 1. The molecule has 9 heteroatoms. The first-order valence-corrected chi connectivity index (χ1v) is 9.88. The minimum absolute atomic E-state index is 0.0274. The second-order valence-electron chi connectivity index (χ2n) is 5.48. The molecule has 0 atom stereocenters. The second kappa shape index (κ2) is 8.88. The van der Waals surface area contributed by atoms with Crippen molar-refractivity contribution in [1.29, 1.82) is 0 Å². The van der Waals surface area contributed by atoms with Crippen molar-refractivity contribution < 1.29 is 22.7 Å². The molecule has 2 aromatic carbocycles. The largest absolute Gasteiger partial charge is 0.456 e. The predicted molar refractivity (Wildman–Crippen MR) is 103 cm³/mol. The molecule has 1 amide bonds. The highest BCUT2D eigenvalue weighted by atomic mass is 35.5. The molecular weight excluding hydrogens is 392 g/mol. The molecule has 1 N–H and O–H groups in total. The van der Waals surface area contributed by atoms with Gasteiger partial charge in [-0.15, -0.1) is 0 Å². The molecule has 27 heavy (non-hydrogen) atoms. The van der Waals surface area contributed by atoms with Crippen molar-refractivity contribution >= 4 is 44.9 Å². The second-order valence-corrected chi connectivity index (χ2v) is 7.74. The number of ether oxygens (including phenoxy) is 1. The maximum atomic E-state index is 13.0. The van der Waals surface area contributed by atoms with E-state index < -0.39 is 28.5 Å². The minimum atomic E-state index is -3.87. The van der Waals surface area contributed by atoms with Gasteiger partial charge in [-0.25, -0.2) is 8.42 Å². The molecule has 7 nitrogen and oxygen atoms in total. The van der Waals surface area contributed by atoms with E-state index in [2.05, 4.69) is 10.1 Å². The van der Waals surface area contributed by atoms with Gasteiger partial charge in [0.15, 0.2) is 6.61 Å². The number of para-hydroxylation sites is 1. The van der Waals surface area contributed by atoms with Gasteiger partial charge in [0.2, 0.25) is 0 Å². The molecule has 0 saturated heterocycles. The van der Waals surface area contributed by atoms with Crippen LogP contribution in [0.2, 0.25) is 5.02 Å². The van der Waals surface area contributed by atoms with Crippen LogP contribution in [0.15, 0.2) is 53.4 Å². The highest BCUT2D eigenvalue weighted by molar-refractivity contribution is 7.92. The lowest BCUT2D eigenvalue weighted by atomic mass is 10.3. The van der Waals surface area contributed by atoms with E-state index in [0.717, 1.165) is 0 Å². The molecule has 0 unspecified atom stereocenters. The topological polar surface area (TPSA) is 92.8 Å². The molecule has 0 aliphatic rings. The summed E-state index contributed by atoms with van der Waals surface area (Å²) in [4.78, 5) is 22.6.